The Kier molecular flexibility index (Phi) is 19.0. The molecular weight excluding hydrogens is 534 g/mol. The molecule has 0 saturated carbocycles. The van der Waals surface area contributed by atoms with Crippen LogP contribution in [0.1, 0.15) is 75.6 Å². The third-order valence-corrected chi connectivity index (χ3v) is 7.26. The predicted molar refractivity (Wildman–Crippen MR) is 180 cm³/mol. The number of carbonyl (C=O) groups is 2. The monoisotopic (exact) mass is 587 g/mol. The van der Waals surface area contributed by atoms with Gasteiger partial charge in [-0.2, -0.15) is 0 Å². The summed E-state index contributed by atoms with van der Waals surface area (Å²) in [4.78, 5) is 34.3. The predicted octanol–water partition coefficient (Wildman–Crippen LogP) is 6.37. The van der Waals surface area contributed by atoms with Gasteiger partial charge >= 0.3 is 0 Å². The Morgan fingerprint density at radius 2 is 1.35 bits per heavy atom. The van der Waals surface area contributed by atoms with E-state index >= 15 is 0 Å². The van der Waals surface area contributed by atoms with E-state index in [9.17, 15) is 9.59 Å². The van der Waals surface area contributed by atoms with Crippen LogP contribution in [0.5, 0.6) is 0 Å². The first-order chi connectivity index (χ1) is 21.0. The Bertz CT molecular complexity index is 1080. The molecule has 1 saturated heterocycles. The van der Waals surface area contributed by atoms with Gasteiger partial charge in [0.05, 0.1) is 5.56 Å². The Labute approximate surface area is 260 Å². The number of rotatable bonds is 19. The van der Waals surface area contributed by atoms with Gasteiger partial charge in [-0.3, -0.25) is 19.5 Å². The molecule has 2 heterocycles. The molecule has 1 aliphatic rings. The summed E-state index contributed by atoms with van der Waals surface area (Å²) >= 11 is 0. The highest BCUT2D eigenvalue weighted by Gasteiger charge is 2.28. The minimum absolute atomic E-state index is 0.0378. The second kappa shape index (κ2) is 23.0. The van der Waals surface area contributed by atoms with Crippen LogP contribution >= 0.6 is 0 Å². The minimum Gasteiger partial charge on any atom is -0.335 e. The smallest absolute Gasteiger partial charge is 0.254 e. The Hall–Kier alpha value is -3.55. The number of carbonyl (C=O) groups excluding carboxylic acids is 2. The van der Waals surface area contributed by atoms with E-state index in [1.807, 2.05) is 6.08 Å². The lowest BCUT2D eigenvalue weighted by Gasteiger charge is -2.40. The topological polar surface area (TPSA) is 77.6 Å². The van der Waals surface area contributed by atoms with Crippen LogP contribution in [-0.2, 0) is 4.79 Å². The lowest BCUT2D eigenvalue weighted by atomic mass is 10.1. The Morgan fingerprint density at radius 1 is 0.814 bits per heavy atom. The Morgan fingerprint density at radius 3 is 1.86 bits per heavy atom. The standard InChI is InChI=1S/C36H53N5O2/c1-4-5-6-7-8-9-10-11-12-13-14-15-16-17-18-19-20-21-22-25-34(42)38-35(32(2)41-29-27-40(3)28-30-41)39-36(43)33-24-23-26-37-31-33/h5-6,8-9,11-12,14-15,17-18,20-21,23-24,26,31-32,35H,4,7,10,13,16,19,22,25,27-30H2,1-3H3,(H,38,42)(H,39,43)/b6-5-,9-8-,12-11-,15-14-,18-17-,21-20-. The number of likely N-dealkylation sites (N-methyl/N-ethyl adjacent to an activating group) is 1. The molecule has 2 unspecified atom stereocenters. The van der Waals surface area contributed by atoms with Crippen molar-refractivity contribution in [2.45, 2.75) is 77.4 Å². The van der Waals surface area contributed by atoms with E-state index in [2.05, 4.69) is 113 Å². The number of allylic oxidation sites excluding steroid dienone is 12. The summed E-state index contributed by atoms with van der Waals surface area (Å²) < 4.78 is 0. The maximum Gasteiger partial charge on any atom is 0.254 e. The zero-order valence-corrected chi connectivity index (χ0v) is 26.5. The average Bonchev–Trinajstić information content (AvgIpc) is 3.02. The van der Waals surface area contributed by atoms with Crippen molar-refractivity contribution in [1.82, 2.24) is 25.4 Å². The molecule has 7 heteroatoms. The van der Waals surface area contributed by atoms with Crippen molar-refractivity contribution in [2.75, 3.05) is 33.2 Å². The summed E-state index contributed by atoms with van der Waals surface area (Å²) in [6, 6.07) is 3.42. The molecule has 2 amide bonds. The minimum atomic E-state index is -0.492. The van der Waals surface area contributed by atoms with Gasteiger partial charge in [-0.15, -0.1) is 0 Å². The first kappa shape index (κ1) is 35.6. The number of nitrogens with one attached hydrogen (secondary N) is 2. The highest BCUT2D eigenvalue weighted by Crippen LogP contribution is 2.09. The van der Waals surface area contributed by atoms with Crippen LogP contribution in [0.15, 0.2) is 97.4 Å². The third-order valence-electron chi connectivity index (χ3n) is 7.26. The van der Waals surface area contributed by atoms with E-state index in [1.54, 1.807) is 18.3 Å². The van der Waals surface area contributed by atoms with E-state index in [0.717, 1.165) is 64.7 Å². The number of aromatic nitrogens is 1. The van der Waals surface area contributed by atoms with Gasteiger partial charge in [0, 0.05) is 51.0 Å². The van der Waals surface area contributed by atoms with Crippen molar-refractivity contribution < 1.29 is 9.59 Å². The molecule has 0 spiro atoms. The third kappa shape index (κ3) is 16.6. The molecule has 43 heavy (non-hydrogen) atoms. The second-order valence-corrected chi connectivity index (χ2v) is 10.8. The van der Waals surface area contributed by atoms with Crippen LogP contribution in [0.3, 0.4) is 0 Å². The number of pyridine rings is 1. The maximum absolute atomic E-state index is 12.9. The molecular formula is C36H53N5O2. The van der Waals surface area contributed by atoms with Crippen molar-refractivity contribution in [2.24, 2.45) is 0 Å². The second-order valence-electron chi connectivity index (χ2n) is 10.8. The molecule has 2 rings (SSSR count). The van der Waals surface area contributed by atoms with Crippen LogP contribution in [-0.4, -0.2) is 72.0 Å². The van der Waals surface area contributed by atoms with Gasteiger partial charge in [0.25, 0.3) is 5.91 Å². The molecule has 0 aliphatic carbocycles. The number of hydrogen-bond acceptors (Lipinski definition) is 5. The lowest BCUT2D eigenvalue weighted by molar-refractivity contribution is -0.122. The average molecular weight is 588 g/mol. The molecule has 0 bridgehead atoms. The highest BCUT2D eigenvalue weighted by molar-refractivity contribution is 5.94. The zero-order chi connectivity index (χ0) is 31.0. The number of hydrogen-bond donors (Lipinski definition) is 2. The van der Waals surface area contributed by atoms with Crippen LogP contribution < -0.4 is 10.6 Å². The number of piperazine rings is 1. The van der Waals surface area contributed by atoms with Crippen LogP contribution in [0.25, 0.3) is 0 Å². The summed E-state index contributed by atoms with van der Waals surface area (Å²) in [5.74, 6) is -0.312. The van der Waals surface area contributed by atoms with Crippen LogP contribution in [0, 0.1) is 0 Å². The number of amides is 2. The van der Waals surface area contributed by atoms with Gasteiger partial charge in [-0.05, 0) is 71.0 Å². The summed E-state index contributed by atoms with van der Waals surface area (Å²) in [6.07, 6.45) is 35.6. The normalized spacial score (nSPS) is 16.8. The van der Waals surface area contributed by atoms with Gasteiger partial charge in [0.2, 0.25) is 5.91 Å². The summed E-state index contributed by atoms with van der Waals surface area (Å²) in [7, 11) is 2.11. The molecule has 1 aromatic heterocycles. The highest BCUT2D eigenvalue weighted by atomic mass is 16.2. The Balaban J connectivity index is 1.67. The van der Waals surface area contributed by atoms with E-state index < -0.39 is 6.17 Å². The SMILES string of the molecule is CC/C=C\C/C=C\C/C=C\C/C=C\C/C=C\C/C=C\CCC(=O)NC(NC(=O)c1cccnc1)C(C)N1CCN(C)CC1. The number of nitrogens with zero attached hydrogens (tertiary/aromatic N) is 3. The molecule has 2 atom stereocenters. The molecule has 7 nitrogen and oxygen atoms in total. The molecule has 1 aliphatic heterocycles. The first-order valence-corrected chi connectivity index (χ1v) is 15.8. The largest absolute Gasteiger partial charge is 0.335 e. The lowest BCUT2D eigenvalue weighted by Crippen LogP contribution is -2.61. The van der Waals surface area contributed by atoms with Crippen LogP contribution in [0.4, 0.5) is 0 Å². The molecule has 2 N–H and O–H groups in total. The van der Waals surface area contributed by atoms with Crippen molar-refractivity contribution >= 4 is 11.8 Å². The van der Waals surface area contributed by atoms with Gasteiger partial charge in [-0.1, -0.05) is 79.8 Å². The van der Waals surface area contributed by atoms with Crippen molar-refractivity contribution in [1.29, 1.82) is 0 Å². The summed E-state index contributed by atoms with van der Waals surface area (Å²) in [6.45, 7) is 7.92. The van der Waals surface area contributed by atoms with Crippen molar-refractivity contribution in [3.63, 3.8) is 0 Å². The molecule has 0 radical (unpaired) electrons. The maximum atomic E-state index is 12.9. The fourth-order valence-electron chi connectivity index (χ4n) is 4.54. The fourth-order valence-corrected chi connectivity index (χ4v) is 4.54. The van der Waals surface area contributed by atoms with Gasteiger partial charge in [0.1, 0.15) is 6.17 Å². The zero-order valence-electron chi connectivity index (χ0n) is 26.5. The fraction of sp³-hybridized carbons (Fsp3) is 0.472. The van der Waals surface area contributed by atoms with E-state index in [4.69, 9.17) is 0 Å². The summed E-state index contributed by atoms with van der Waals surface area (Å²) in [5.41, 5.74) is 0.477. The first-order valence-electron chi connectivity index (χ1n) is 15.8. The molecule has 0 aromatic carbocycles. The summed E-state index contributed by atoms with van der Waals surface area (Å²) in [5, 5.41) is 6.10. The quantitative estimate of drug-likeness (QED) is 0.145. The van der Waals surface area contributed by atoms with Crippen molar-refractivity contribution in [3.8, 4) is 0 Å². The van der Waals surface area contributed by atoms with Gasteiger partial charge < -0.3 is 15.5 Å². The molecule has 234 valence electrons. The van der Waals surface area contributed by atoms with E-state index in [1.165, 1.54) is 6.20 Å². The van der Waals surface area contributed by atoms with Crippen LogP contribution in [0.2, 0.25) is 0 Å². The molecule has 1 aromatic rings. The van der Waals surface area contributed by atoms with E-state index in [0.29, 0.717) is 18.4 Å². The molecule has 1 fully saturated rings. The van der Waals surface area contributed by atoms with E-state index in [-0.39, 0.29) is 17.9 Å². The van der Waals surface area contributed by atoms with Gasteiger partial charge in [0.15, 0.2) is 0 Å². The van der Waals surface area contributed by atoms with Gasteiger partial charge in [-0.25, -0.2) is 0 Å². The van der Waals surface area contributed by atoms with Crippen molar-refractivity contribution in [3.05, 3.63) is 103 Å².